The third-order valence-electron chi connectivity index (χ3n) is 11.2. The number of nitrogens with one attached hydrogen (secondary N) is 1. The van der Waals surface area contributed by atoms with Gasteiger partial charge in [-0.15, -0.1) is 0 Å². The van der Waals surface area contributed by atoms with E-state index in [1.165, 1.54) is 173 Å². The van der Waals surface area contributed by atoms with Crippen LogP contribution in [0.15, 0.2) is 24.3 Å². The van der Waals surface area contributed by atoms with Gasteiger partial charge in [0.1, 0.15) is 0 Å². The predicted molar refractivity (Wildman–Crippen MR) is 241 cm³/mol. The molecule has 0 fully saturated rings. The smallest absolute Gasteiger partial charge is 0.305 e. The first kappa shape index (κ1) is 54.3. The fourth-order valence-corrected chi connectivity index (χ4v) is 7.38. The molecule has 2 unspecified atom stereocenters. The van der Waals surface area contributed by atoms with Crippen molar-refractivity contribution in [3.8, 4) is 0 Å². The fraction of sp³-hybridized carbons (Fsp3) is 0.880. The van der Waals surface area contributed by atoms with Gasteiger partial charge < -0.3 is 20.3 Å². The van der Waals surface area contributed by atoms with Gasteiger partial charge in [0.15, 0.2) is 0 Å². The highest BCUT2D eigenvalue weighted by atomic mass is 16.5. The molecule has 3 N–H and O–H groups in total. The Bertz CT molecular complexity index is 874. The van der Waals surface area contributed by atoms with Gasteiger partial charge in [0, 0.05) is 12.8 Å². The molecule has 0 aromatic heterocycles. The molecule has 0 saturated heterocycles. The highest BCUT2D eigenvalue weighted by Gasteiger charge is 2.18. The van der Waals surface area contributed by atoms with Gasteiger partial charge in [-0.3, -0.25) is 9.59 Å². The largest absolute Gasteiger partial charge is 0.466 e. The van der Waals surface area contributed by atoms with E-state index < -0.39 is 12.1 Å². The number of hydrogen-bond donors (Lipinski definition) is 3. The molecule has 0 aliphatic carbocycles. The number of amides is 1. The van der Waals surface area contributed by atoms with Crippen molar-refractivity contribution >= 4 is 11.9 Å². The number of aliphatic hydroxyl groups excluding tert-OH is 2. The van der Waals surface area contributed by atoms with Crippen LogP contribution in [0.25, 0.3) is 0 Å². The molecule has 1 amide bonds. The summed E-state index contributed by atoms with van der Waals surface area (Å²) in [5, 5.41) is 23.1. The van der Waals surface area contributed by atoms with E-state index in [1.54, 1.807) is 6.08 Å². The molecule has 0 saturated carbocycles. The standard InChI is InChI=1S/C50H95NO5/c1-3-5-7-9-11-13-15-16-17-18-19-20-21-22-24-26-30-34-38-42-48(53)47(46-52)51-49(54)43-39-35-31-27-25-29-33-37-41-45-56-50(55)44-40-36-32-28-23-14-12-10-8-6-4-2/h10,12,38,42,47-48,52-53H,3-9,11,13-37,39-41,43-46H2,1-2H3,(H,51,54)/b12-10-,42-38+. The lowest BCUT2D eigenvalue weighted by Crippen LogP contribution is -2.45. The number of rotatable bonds is 45. The number of hydrogen-bond acceptors (Lipinski definition) is 5. The third kappa shape index (κ3) is 42.0. The lowest BCUT2D eigenvalue weighted by atomic mass is 10.0. The van der Waals surface area contributed by atoms with Gasteiger partial charge in [0.2, 0.25) is 5.91 Å². The highest BCUT2D eigenvalue weighted by molar-refractivity contribution is 5.76. The van der Waals surface area contributed by atoms with E-state index in [0.717, 1.165) is 57.8 Å². The average Bonchev–Trinajstić information content (AvgIpc) is 3.20. The van der Waals surface area contributed by atoms with E-state index in [9.17, 15) is 19.8 Å². The molecule has 0 rings (SSSR count). The zero-order valence-electron chi connectivity index (χ0n) is 37.4. The molecule has 0 aliphatic heterocycles. The van der Waals surface area contributed by atoms with Crippen molar-refractivity contribution in [2.45, 2.75) is 270 Å². The predicted octanol–water partition coefficient (Wildman–Crippen LogP) is 14.3. The van der Waals surface area contributed by atoms with Gasteiger partial charge >= 0.3 is 5.97 Å². The van der Waals surface area contributed by atoms with E-state index in [0.29, 0.717) is 19.4 Å². The number of aliphatic hydroxyl groups is 2. The number of esters is 1. The lowest BCUT2D eigenvalue weighted by Gasteiger charge is -2.20. The van der Waals surface area contributed by atoms with Crippen LogP contribution in [-0.2, 0) is 14.3 Å². The lowest BCUT2D eigenvalue weighted by molar-refractivity contribution is -0.143. The minimum Gasteiger partial charge on any atom is -0.466 e. The second-order valence-electron chi connectivity index (χ2n) is 16.8. The van der Waals surface area contributed by atoms with Gasteiger partial charge in [-0.1, -0.05) is 218 Å². The topological polar surface area (TPSA) is 95.9 Å². The van der Waals surface area contributed by atoms with Gasteiger partial charge in [0.05, 0.1) is 25.4 Å². The Hall–Kier alpha value is -1.66. The number of carbonyl (C=O) groups excluding carboxylic acids is 2. The molecule has 0 aromatic carbocycles. The normalized spacial score (nSPS) is 12.9. The molecule has 6 nitrogen and oxygen atoms in total. The van der Waals surface area contributed by atoms with Gasteiger partial charge in [-0.05, 0) is 51.4 Å². The van der Waals surface area contributed by atoms with E-state index >= 15 is 0 Å². The van der Waals surface area contributed by atoms with E-state index in [-0.39, 0.29) is 18.5 Å². The Morgan fingerprint density at radius 2 is 0.857 bits per heavy atom. The summed E-state index contributed by atoms with van der Waals surface area (Å²) >= 11 is 0. The van der Waals surface area contributed by atoms with Crippen LogP contribution in [0.2, 0.25) is 0 Å². The Morgan fingerprint density at radius 1 is 0.482 bits per heavy atom. The molecular formula is C50H95NO5. The van der Waals surface area contributed by atoms with Crippen LogP contribution in [0.4, 0.5) is 0 Å². The SMILES string of the molecule is CCCC/C=C\CCCCCCCC(=O)OCCCCCCCCCCCC(=O)NC(CO)C(O)/C=C/CCCCCCCCCCCCCCCCCCC. The monoisotopic (exact) mass is 790 g/mol. The Kier molecular flexibility index (Phi) is 44.7. The van der Waals surface area contributed by atoms with Gasteiger partial charge in [-0.25, -0.2) is 0 Å². The second-order valence-corrected chi connectivity index (χ2v) is 16.8. The Labute approximate surface area is 348 Å². The van der Waals surface area contributed by atoms with Crippen LogP contribution < -0.4 is 5.32 Å². The molecule has 0 bridgehead atoms. The van der Waals surface area contributed by atoms with Crippen LogP contribution in [0.5, 0.6) is 0 Å². The zero-order valence-corrected chi connectivity index (χ0v) is 37.4. The first-order chi connectivity index (χ1) is 27.5. The maximum atomic E-state index is 12.4. The molecule has 330 valence electrons. The second kappa shape index (κ2) is 46.0. The highest BCUT2D eigenvalue weighted by Crippen LogP contribution is 2.16. The Balaban J connectivity index is 3.55. The number of unbranched alkanes of at least 4 members (excludes halogenated alkanes) is 32. The molecule has 0 aliphatic rings. The maximum absolute atomic E-state index is 12.4. The van der Waals surface area contributed by atoms with E-state index in [2.05, 4.69) is 31.3 Å². The van der Waals surface area contributed by atoms with Crippen LogP contribution in [0, 0.1) is 0 Å². The van der Waals surface area contributed by atoms with Crippen LogP contribution in [-0.4, -0.2) is 47.4 Å². The fourth-order valence-electron chi connectivity index (χ4n) is 7.38. The number of allylic oxidation sites excluding steroid dienone is 3. The summed E-state index contributed by atoms with van der Waals surface area (Å²) in [7, 11) is 0. The van der Waals surface area contributed by atoms with Gasteiger partial charge in [0.25, 0.3) is 0 Å². The quantitative estimate of drug-likeness (QED) is 0.0324. The summed E-state index contributed by atoms with van der Waals surface area (Å²) in [5.41, 5.74) is 0. The minimum atomic E-state index is -0.862. The van der Waals surface area contributed by atoms with Crippen LogP contribution in [0.3, 0.4) is 0 Å². The molecule has 2 atom stereocenters. The van der Waals surface area contributed by atoms with Crippen molar-refractivity contribution in [2.75, 3.05) is 13.2 Å². The number of carbonyl (C=O) groups is 2. The molecule has 0 heterocycles. The van der Waals surface area contributed by atoms with Crippen molar-refractivity contribution in [1.82, 2.24) is 5.32 Å². The first-order valence-corrected chi connectivity index (χ1v) is 24.6. The Morgan fingerprint density at radius 3 is 1.32 bits per heavy atom. The first-order valence-electron chi connectivity index (χ1n) is 24.6. The molecule has 6 heteroatoms. The van der Waals surface area contributed by atoms with Crippen molar-refractivity contribution < 1.29 is 24.5 Å². The molecule has 0 radical (unpaired) electrons. The molecule has 0 spiro atoms. The molecule has 0 aromatic rings. The van der Waals surface area contributed by atoms with Crippen LogP contribution >= 0.6 is 0 Å². The summed E-state index contributed by atoms with van der Waals surface area (Å²) in [6.45, 7) is 4.80. The molecule has 56 heavy (non-hydrogen) atoms. The number of ether oxygens (including phenoxy) is 1. The van der Waals surface area contributed by atoms with Gasteiger partial charge in [-0.2, -0.15) is 0 Å². The van der Waals surface area contributed by atoms with Crippen molar-refractivity contribution in [3.05, 3.63) is 24.3 Å². The molecular weight excluding hydrogens is 695 g/mol. The summed E-state index contributed by atoms with van der Waals surface area (Å²) in [6.07, 6.45) is 53.1. The van der Waals surface area contributed by atoms with E-state index in [4.69, 9.17) is 4.74 Å². The third-order valence-corrected chi connectivity index (χ3v) is 11.2. The maximum Gasteiger partial charge on any atom is 0.305 e. The van der Waals surface area contributed by atoms with Crippen LogP contribution in [0.1, 0.15) is 258 Å². The van der Waals surface area contributed by atoms with Crippen molar-refractivity contribution in [1.29, 1.82) is 0 Å². The van der Waals surface area contributed by atoms with E-state index in [1.807, 2.05) is 6.08 Å². The summed E-state index contributed by atoms with van der Waals surface area (Å²) in [6, 6.07) is -0.648. The average molecular weight is 790 g/mol. The summed E-state index contributed by atoms with van der Waals surface area (Å²) < 4.78 is 5.42. The van der Waals surface area contributed by atoms with Crippen molar-refractivity contribution in [3.63, 3.8) is 0 Å². The van der Waals surface area contributed by atoms with Crippen molar-refractivity contribution in [2.24, 2.45) is 0 Å². The summed E-state index contributed by atoms with van der Waals surface area (Å²) in [4.78, 5) is 24.4. The minimum absolute atomic E-state index is 0.0384. The summed E-state index contributed by atoms with van der Waals surface area (Å²) in [5.74, 6) is -0.134. The zero-order chi connectivity index (χ0) is 40.8.